The van der Waals surface area contributed by atoms with Crippen molar-refractivity contribution in [3.8, 4) is 0 Å². The lowest BCUT2D eigenvalue weighted by molar-refractivity contribution is -0.301. The number of carbonyl (C=O) groups is 2. The summed E-state index contributed by atoms with van der Waals surface area (Å²) < 4.78 is 0. The predicted octanol–water partition coefficient (Wildman–Crippen LogP) is -0.667. The lowest BCUT2D eigenvalue weighted by atomic mass is 10.3. The predicted molar refractivity (Wildman–Crippen MR) is 39.2 cm³/mol. The fourth-order valence-corrected chi connectivity index (χ4v) is 1.25. The van der Waals surface area contributed by atoms with Gasteiger partial charge in [0.1, 0.15) is 5.25 Å². The van der Waals surface area contributed by atoms with Gasteiger partial charge >= 0.3 is 5.97 Å². The summed E-state index contributed by atoms with van der Waals surface area (Å²) in [6.07, 6.45) is 0.424. The van der Waals surface area contributed by atoms with Gasteiger partial charge in [0.25, 0.3) is 0 Å². The molecular weight excluding hydrogens is 168 g/mol. The Hall–Kier alpha value is -0.710. The zero-order valence-electron chi connectivity index (χ0n) is 6.07. The number of hydrogen-bond acceptors (Lipinski definition) is 4. The third kappa shape index (κ3) is 4.66. The molecule has 0 aliphatic carbocycles. The lowest BCUT2D eigenvalue weighted by Gasteiger charge is -2.08. The minimum atomic E-state index is -1.23. The average Bonchev–Trinajstić information content (AvgIpc) is 1.87. The van der Waals surface area contributed by atoms with Gasteiger partial charge in [0.05, 0.1) is 5.97 Å². The molecule has 0 aromatic rings. The topological polar surface area (TPSA) is 77.4 Å². The van der Waals surface area contributed by atoms with Crippen LogP contribution in [0.5, 0.6) is 0 Å². The van der Waals surface area contributed by atoms with Crippen LogP contribution in [0, 0.1) is 0 Å². The van der Waals surface area contributed by atoms with E-state index in [9.17, 15) is 14.7 Å². The first-order valence-corrected chi connectivity index (χ1v) is 4.17. The molecule has 0 spiro atoms. The van der Waals surface area contributed by atoms with Crippen LogP contribution in [-0.4, -0.2) is 28.0 Å². The zero-order chi connectivity index (χ0) is 8.85. The Morgan fingerprint density at radius 3 is 2.45 bits per heavy atom. The van der Waals surface area contributed by atoms with Gasteiger partial charge in [-0.05, 0) is 6.42 Å². The summed E-state index contributed by atoms with van der Waals surface area (Å²) in [7, 11) is 0. The van der Waals surface area contributed by atoms with Crippen LogP contribution >= 0.6 is 11.8 Å². The number of aliphatic carboxylic acids is 2. The van der Waals surface area contributed by atoms with Crippen LogP contribution in [0.2, 0.25) is 0 Å². The van der Waals surface area contributed by atoms with Crippen LogP contribution in [0.25, 0.3) is 0 Å². The highest BCUT2D eigenvalue weighted by Crippen LogP contribution is 2.13. The van der Waals surface area contributed by atoms with Gasteiger partial charge in [-0.2, -0.15) is 0 Å². The summed E-state index contributed by atoms with van der Waals surface area (Å²) in [4.78, 5) is 20.2. The molecule has 0 saturated heterocycles. The van der Waals surface area contributed by atoms with E-state index in [4.69, 9.17) is 5.11 Å². The Kier molecular flexibility index (Phi) is 4.69. The van der Waals surface area contributed by atoms with Gasteiger partial charge in [-0.15, -0.1) is 11.8 Å². The van der Waals surface area contributed by atoms with E-state index in [1.165, 1.54) is 0 Å². The number of hydrogen-bond donors (Lipinski definition) is 1. The van der Waals surface area contributed by atoms with Gasteiger partial charge in [0.2, 0.25) is 0 Å². The first kappa shape index (κ1) is 10.3. The Bertz CT molecular complexity index is 157. The van der Waals surface area contributed by atoms with E-state index < -0.39 is 17.2 Å². The van der Waals surface area contributed by atoms with Crippen LogP contribution in [-0.2, 0) is 9.59 Å². The normalized spacial score (nSPS) is 12.5. The molecule has 0 aromatic heterocycles. The van der Waals surface area contributed by atoms with E-state index in [0.29, 0.717) is 6.42 Å². The number of carboxylic acid groups (broad SMARTS) is 2. The summed E-state index contributed by atoms with van der Waals surface area (Å²) in [6.45, 7) is 1.70. The average molecular weight is 177 g/mol. The van der Waals surface area contributed by atoms with Crippen molar-refractivity contribution < 1.29 is 19.8 Å². The fourth-order valence-electron chi connectivity index (χ4n) is 0.532. The second kappa shape index (κ2) is 5.01. The lowest BCUT2D eigenvalue weighted by Crippen LogP contribution is -2.27. The molecular formula is C6H9O4S-. The van der Waals surface area contributed by atoms with Gasteiger partial charge in [-0.3, -0.25) is 4.79 Å². The van der Waals surface area contributed by atoms with E-state index in [1.54, 1.807) is 6.92 Å². The molecule has 0 amide bonds. The smallest absolute Gasteiger partial charge is 0.316 e. The SMILES string of the molecule is CCC(SCC(=O)[O-])C(=O)O. The largest absolute Gasteiger partial charge is 0.549 e. The van der Waals surface area contributed by atoms with Crippen molar-refractivity contribution in [3.63, 3.8) is 0 Å². The van der Waals surface area contributed by atoms with Gasteiger partial charge < -0.3 is 15.0 Å². The molecule has 5 heteroatoms. The van der Waals surface area contributed by atoms with Crippen molar-refractivity contribution in [3.05, 3.63) is 0 Å². The molecule has 64 valence electrons. The summed E-state index contributed by atoms with van der Waals surface area (Å²) in [6, 6.07) is 0. The van der Waals surface area contributed by atoms with Crippen molar-refractivity contribution in [2.45, 2.75) is 18.6 Å². The van der Waals surface area contributed by atoms with E-state index in [2.05, 4.69) is 0 Å². The molecule has 1 unspecified atom stereocenters. The van der Waals surface area contributed by atoms with Gasteiger partial charge in [0, 0.05) is 5.75 Å². The Balaban J connectivity index is 3.70. The van der Waals surface area contributed by atoms with Crippen molar-refractivity contribution in [1.29, 1.82) is 0 Å². The molecule has 0 fully saturated rings. The van der Waals surface area contributed by atoms with Gasteiger partial charge in [0.15, 0.2) is 0 Å². The Morgan fingerprint density at radius 2 is 2.18 bits per heavy atom. The molecule has 1 N–H and O–H groups in total. The summed E-state index contributed by atoms with van der Waals surface area (Å²) in [5.41, 5.74) is 0. The van der Waals surface area contributed by atoms with Crippen molar-refractivity contribution in [2.75, 3.05) is 5.75 Å². The Labute approximate surface area is 68.6 Å². The number of thioether (sulfide) groups is 1. The van der Waals surface area contributed by atoms with Crippen molar-refractivity contribution >= 4 is 23.7 Å². The Morgan fingerprint density at radius 1 is 1.64 bits per heavy atom. The highest BCUT2D eigenvalue weighted by atomic mass is 32.2. The summed E-state index contributed by atoms with van der Waals surface area (Å²) in [5.74, 6) is -2.46. The van der Waals surface area contributed by atoms with Gasteiger partial charge in [-0.25, -0.2) is 0 Å². The molecule has 0 radical (unpaired) electrons. The third-order valence-electron chi connectivity index (χ3n) is 1.05. The molecule has 0 rings (SSSR count). The van der Waals surface area contributed by atoms with Gasteiger partial charge in [-0.1, -0.05) is 6.92 Å². The highest BCUT2D eigenvalue weighted by molar-refractivity contribution is 8.01. The molecule has 0 saturated carbocycles. The van der Waals surface area contributed by atoms with E-state index in [0.717, 1.165) is 11.8 Å². The first-order chi connectivity index (χ1) is 5.07. The van der Waals surface area contributed by atoms with Crippen LogP contribution < -0.4 is 5.11 Å². The molecule has 0 aliphatic heterocycles. The zero-order valence-corrected chi connectivity index (χ0v) is 6.89. The first-order valence-electron chi connectivity index (χ1n) is 3.12. The van der Waals surface area contributed by atoms with Crippen molar-refractivity contribution in [1.82, 2.24) is 0 Å². The second-order valence-electron chi connectivity index (χ2n) is 1.92. The molecule has 0 aliphatic rings. The van der Waals surface area contributed by atoms with Crippen molar-refractivity contribution in [2.24, 2.45) is 0 Å². The highest BCUT2D eigenvalue weighted by Gasteiger charge is 2.14. The number of carbonyl (C=O) groups excluding carboxylic acids is 1. The van der Waals surface area contributed by atoms with E-state index >= 15 is 0 Å². The van der Waals surface area contributed by atoms with Crippen LogP contribution in [0.3, 0.4) is 0 Å². The summed E-state index contributed by atoms with van der Waals surface area (Å²) >= 11 is 0.876. The molecule has 0 bridgehead atoms. The number of carboxylic acids is 2. The minimum Gasteiger partial charge on any atom is -0.549 e. The molecule has 0 heterocycles. The van der Waals surface area contributed by atoms with E-state index in [-0.39, 0.29) is 5.75 Å². The minimum absolute atomic E-state index is 0.259. The van der Waals surface area contributed by atoms with E-state index in [1.807, 2.05) is 0 Å². The maximum atomic E-state index is 10.3. The quantitative estimate of drug-likeness (QED) is 0.602. The van der Waals surface area contributed by atoms with Crippen LogP contribution in [0.15, 0.2) is 0 Å². The van der Waals surface area contributed by atoms with Crippen LogP contribution in [0.1, 0.15) is 13.3 Å². The summed E-state index contributed by atoms with van der Waals surface area (Å²) in [5, 5.41) is 17.7. The van der Waals surface area contributed by atoms with Crippen LogP contribution in [0.4, 0.5) is 0 Å². The standard InChI is InChI=1S/C6H10O4S/c1-2-4(6(9)10)11-3-5(7)8/h4H,2-3H2,1H3,(H,7,8)(H,9,10)/p-1. The number of rotatable bonds is 5. The molecule has 0 aromatic carbocycles. The fraction of sp³-hybridized carbons (Fsp3) is 0.667. The third-order valence-corrected chi connectivity index (χ3v) is 2.39. The molecule has 1 atom stereocenters. The monoisotopic (exact) mass is 177 g/mol. The molecule has 11 heavy (non-hydrogen) atoms. The maximum Gasteiger partial charge on any atom is 0.316 e. The maximum absolute atomic E-state index is 10.3. The second-order valence-corrected chi connectivity index (χ2v) is 3.11. The molecule has 4 nitrogen and oxygen atoms in total.